The van der Waals surface area contributed by atoms with Crippen LogP contribution in [0.15, 0.2) is 23.1 Å². The topological polar surface area (TPSA) is 84.7 Å². The van der Waals surface area contributed by atoms with E-state index in [1.165, 1.54) is 0 Å². The fourth-order valence-corrected chi connectivity index (χ4v) is 3.40. The van der Waals surface area contributed by atoms with E-state index >= 15 is 0 Å². The van der Waals surface area contributed by atoms with Crippen molar-refractivity contribution in [1.82, 2.24) is 4.90 Å². The number of halogens is 3. The molecule has 1 fully saturated rings. The molecular weight excluding hydrogens is 359 g/mol. The van der Waals surface area contributed by atoms with Crippen molar-refractivity contribution in [2.45, 2.75) is 37.0 Å². The van der Waals surface area contributed by atoms with Gasteiger partial charge in [-0.05, 0) is 32.0 Å². The lowest BCUT2D eigenvalue weighted by molar-refractivity contribution is -0.137. The molecule has 0 aromatic heterocycles. The van der Waals surface area contributed by atoms with Crippen LogP contribution in [0.2, 0.25) is 0 Å². The summed E-state index contributed by atoms with van der Waals surface area (Å²) >= 11 is 0. The normalized spacial score (nSPS) is 21.1. The Morgan fingerprint density at radius 3 is 2.68 bits per heavy atom. The molecule has 1 aromatic rings. The molecule has 1 saturated heterocycles. The molecule has 2 rings (SSSR count). The highest BCUT2D eigenvalue weighted by atomic mass is 32.2. The van der Waals surface area contributed by atoms with Crippen molar-refractivity contribution >= 4 is 15.7 Å². The van der Waals surface area contributed by atoms with Gasteiger partial charge < -0.3 is 10.1 Å². The Morgan fingerprint density at radius 2 is 2.12 bits per heavy atom. The molecule has 6 nitrogen and oxygen atoms in total. The van der Waals surface area contributed by atoms with Gasteiger partial charge in [0.2, 0.25) is 10.0 Å². The van der Waals surface area contributed by atoms with Crippen molar-refractivity contribution in [2.24, 2.45) is 5.14 Å². The van der Waals surface area contributed by atoms with Crippen LogP contribution in [0.3, 0.4) is 0 Å². The van der Waals surface area contributed by atoms with Crippen LogP contribution in [0.4, 0.5) is 18.9 Å². The molecule has 3 N–H and O–H groups in total. The first-order valence-corrected chi connectivity index (χ1v) is 9.36. The Balaban J connectivity index is 2.18. The van der Waals surface area contributed by atoms with Crippen molar-refractivity contribution < 1.29 is 26.3 Å². The molecule has 0 spiro atoms. The highest BCUT2D eigenvalue weighted by molar-refractivity contribution is 7.89. The van der Waals surface area contributed by atoms with Gasteiger partial charge in [-0.15, -0.1) is 0 Å². The standard InChI is InChI=1S/C15H22F3N3O3S/c1-10(21-5-6-24-9-11(21)2)8-20-14-4-3-12(25(19,22)23)7-13(14)15(16,17)18/h3-4,7,10-11,20H,5-6,8-9H2,1-2H3,(H2,19,22,23). The molecule has 0 aliphatic carbocycles. The van der Waals surface area contributed by atoms with Gasteiger partial charge in [-0.3, -0.25) is 4.90 Å². The van der Waals surface area contributed by atoms with Crippen LogP contribution in [0, 0.1) is 0 Å². The number of benzene rings is 1. The largest absolute Gasteiger partial charge is 0.418 e. The molecule has 1 aliphatic rings. The van der Waals surface area contributed by atoms with Gasteiger partial charge >= 0.3 is 6.18 Å². The summed E-state index contributed by atoms with van der Waals surface area (Å²) in [6, 6.07) is 2.88. The molecule has 1 aliphatic heterocycles. The summed E-state index contributed by atoms with van der Waals surface area (Å²) in [6.45, 7) is 6.08. The number of hydrogen-bond acceptors (Lipinski definition) is 5. The minimum absolute atomic E-state index is 0.0158. The van der Waals surface area contributed by atoms with Crippen molar-refractivity contribution in [3.05, 3.63) is 23.8 Å². The van der Waals surface area contributed by atoms with E-state index in [1.54, 1.807) is 0 Å². The maximum atomic E-state index is 13.3. The third-order valence-corrected chi connectivity index (χ3v) is 5.11. The van der Waals surface area contributed by atoms with Crippen LogP contribution in [0.25, 0.3) is 0 Å². The zero-order chi connectivity index (χ0) is 18.8. The van der Waals surface area contributed by atoms with Crippen molar-refractivity contribution in [3.8, 4) is 0 Å². The van der Waals surface area contributed by atoms with E-state index in [9.17, 15) is 21.6 Å². The van der Waals surface area contributed by atoms with E-state index in [1.807, 2.05) is 13.8 Å². The lowest BCUT2D eigenvalue weighted by Gasteiger charge is -2.38. The molecule has 2 unspecified atom stereocenters. The van der Waals surface area contributed by atoms with Crippen molar-refractivity contribution in [2.75, 3.05) is 31.6 Å². The van der Waals surface area contributed by atoms with E-state index in [2.05, 4.69) is 10.2 Å². The van der Waals surface area contributed by atoms with Crippen LogP contribution in [0.1, 0.15) is 19.4 Å². The maximum absolute atomic E-state index is 13.3. The number of rotatable bonds is 5. The Labute approximate surface area is 145 Å². The van der Waals surface area contributed by atoms with Crippen LogP contribution < -0.4 is 10.5 Å². The second-order valence-corrected chi connectivity index (χ2v) is 7.70. The number of nitrogens with one attached hydrogen (secondary N) is 1. The number of ether oxygens (including phenoxy) is 1. The van der Waals surface area contributed by atoms with Crippen LogP contribution in [0.5, 0.6) is 0 Å². The summed E-state index contributed by atoms with van der Waals surface area (Å²) in [5, 5.41) is 7.70. The second-order valence-electron chi connectivity index (χ2n) is 6.14. The number of nitrogens with two attached hydrogens (primary N) is 1. The smallest absolute Gasteiger partial charge is 0.383 e. The van der Waals surface area contributed by atoms with Crippen LogP contribution in [-0.2, 0) is 20.9 Å². The number of hydrogen-bond donors (Lipinski definition) is 2. The zero-order valence-electron chi connectivity index (χ0n) is 14.0. The van der Waals surface area contributed by atoms with Gasteiger partial charge in [-0.1, -0.05) is 0 Å². The molecule has 25 heavy (non-hydrogen) atoms. The van der Waals surface area contributed by atoms with Crippen LogP contribution >= 0.6 is 0 Å². The molecule has 2 atom stereocenters. The summed E-state index contributed by atoms with van der Waals surface area (Å²) in [4.78, 5) is 1.59. The maximum Gasteiger partial charge on any atom is 0.418 e. The second kappa shape index (κ2) is 7.48. The Bertz CT molecular complexity index is 710. The van der Waals surface area contributed by atoms with Crippen LogP contribution in [-0.4, -0.2) is 51.7 Å². The molecule has 0 saturated carbocycles. The van der Waals surface area contributed by atoms with Crippen molar-refractivity contribution in [3.63, 3.8) is 0 Å². The number of alkyl halides is 3. The summed E-state index contributed by atoms with van der Waals surface area (Å²) in [7, 11) is -4.21. The third kappa shape index (κ3) is 5.06. The molecule has 1 aromatic carbocycles. The highest BCUT2D eigenvalue weighted by Crippen LogP contribution is 2.36. The predicted octanol–water partition coefficient (Wildman–Crippen LogP) is 1.87. The minimum Gasteiger partial charge on any atom is -0.383 e. The summed E-state index contributed by atoms with van der Waals surface area (Å²) in [6.07, 6.45) is -4.70. The molecule has 10 heteroatoms. The minimum atomic E-state index is -4.70. The van der Waals surface area contributed by atoms with Gasteiger partial charge in [0.15, 0.2) is 0 Å². The first kappa shape index (κ1) is 20.0. The molecule has 0 amide bonds. The highest BCUT2D eigenvalue weighted by Gasteiger charge is 2.35. The van der Waals surface area contributed by atoms with Gasteiger partial charge in [0.05, 0.1) is 23.7 Å². The summed E-state index contributed by atoms with van der Waals surface area (Å²) < 4.78 is 67.7. The number of sulfonamides is 1. The molecule has 142 valence electrons. The van der Waals surface area contributed by atoms with Gasteiger partial charge in [0.25, 0.3) is 0 Å². The first-order valence-electron chi connectivity index (χ1n) is 7.81. The molecule has 1 heterocycles. The number of morpholine rings is 1. The third-order valence-electron chi connectivity index (χ3n) is 4.20. The zero-order valence-corrected chi connectivity index (χ0v) is 14.8. The van der Waals surface area contributed by atoms with Gasteiger partial charge in [0, 0.05) is 30.9 Å². The first-order chi connectivity index (χ1) is 11.5. The SMILES string of the molecule is CC(CNc1ccc(S(N)(=O)=O)cc1C(F)(F)F)N1CCOCC1C. The molecule has 0 bridgehead atoms. The van der Waals surface area contributed by atoms with E-state index in [0.717, 1.165) is 12.1 Å². The van der Waals surface area contributed by atoms with E-state index in [0.29, 0.717) is 25.8 Å². The van der Waals surface area contributed by atoms with E-state index in [-0.39, 0.29) is 24.3 Å². The molecule has 0 radical (unpaired) electrons. The molecular formula is C15H22F3N3O3S. The lowest BCUT2D eigenvalue weighted by Crippen LogP contribution is -2.50. The number of nitrogens with zero attached hydrogens (tertiary/aromatic N) is 1. The lowest BCUT2D eigenvalue weighted by atomic mass is 10.1. The quantitative estimate of drug-likeness (QED) is 0.814. The van der Waals surface area contributed by atoms with Gasteiger partial charge in [-0.2, -0.15) is 13.2 Å². The fraction of sp³-hybridized carbons (Fsp3) is 0.600. The van der Waals surface area contributed by atoms with Gasteiger partial charge in [-0.25, -0.2) is 13.6 Å². The Morgan fingerprint density at radius 1 is 1.44 bits per heavy atom. The van der Waals surface area contributed by atoms with E-state index < -0.39 is 26.7 Å². The van der Waals surface area contributed by atoms with Crippen molar-refractivity contribution in [1.29, 1.82) is 0 Å². The average Bonchev–Trinajstić information content (AvgIpc) is 2.51. The van der Waals surface area contributed by atoms with Gasteiger partial charge in [0.1, 0.15) is 0 Å². The number of anilines is 1. The Kier molecular flexibility index (Phi) is 5.97. The summed E-state index contributed by atoms with van der Waals surface area (Å²) in [5.41, 5.74) is -1.23. The van der Waals surface area contributed by atoms with E-state index in [4.69, 9.17) is 9.88 Å². The fourth-order valence-electron chi connectivity index (χ4n) is 2.86. The predicted molar refractivity (Wildman–Crippen MR) is 87.8 cm³/mol. The Hall–Kier alpha value is -1.36. The monoisotopic (exact) mass is 381 g/mol. The average molecular weight is 381 g/mol. The summed E-state index contributed by atoms with van der Waals surface area (Å²) in [5.74, 6) is 0. The number of primary sulfonamides is 1.